The van der Waals surface area contributed by atoms with Crippen LogP contribution in [0, 0.1) is 0 Å². The average molecular weight is 347 g/mol. The summed E-state index contributed by atoms with van der Waals surface area (Å²) in [6, 6.07) is 8.17. The molecule has 0 aliphatic carbocycles. The number of carbonyl (C=O) groups is 1. The minimum absolute atomic E-state index is 0.0378. The average Bonchev–Trinajstić information content (AvgIpc) is 2.92. The Bertz CT molecular complexity index is 879. The second kappa shape index (κ2) is 7.78. The maximum absolute atomic E-state index is 12.0. The van der Waals surface area contributed by atoms with Gasteiger partial charge in [-0.05, 0) is 30.7 Å². The Kier molecular flexibility index (Phi) is 5.27. The van der Waals surface area contributed by atoms with Crippen molar-refractivity contribution in [3.8, 4) is 0 Å². The Morgan fingerprint density at radius 3 is 2.46 bits per heavy atom. The first kappa shape index (κ1) is 17.6. The molecule has 1 N–H and O–H groups in total. The number of allylic oxidation sites excluding steroid dienone is 4. The number of fused-ring (bicyclic) bond motifs is 1. The van der Waals surface area contributed by atoms with E-state index in [0.717, 1.165) is 17.1 Å². The van der Waals surface area contributed by atoms with Crippen LogP contribution in [0.2, 0.25) is 0 Å². The molecule has 132 valence electrons. The molecular weight excluding hydrogens is 324 g/mol. The smallest absolute Gasteiger partial charge is 0.358 e. The van der Waals surface area contributed by atoms with Crippen LogP contribution in [0.1, 0.15) is 23.0 Å². The fourth-order valence-corrected chi connectivity index (χ4v) is 2.63. The number of nitrogens with zero attached hydrogens (tertiary/aromatic N) is 3. The van der Waals surface area contributed by atoms with Crippen LogP contribution >= 0.6 is 0 Å². The first-order valence-electron chi connectivity index (χ1n) is 8.56. The number of rotatable bonds is 5. The zero-order chi connectivity index (χ0) is 18.5. The van der Waals surface area contributed by atoms with Gasteiger partial charge in [-0.25, -0.2) is 9.78 Å². The molecule has 5 heteroatoms. The van der Waals surface area contributed by atoms with Crippen LogP contribution < -0.4 is 14.8 Å². The van der Waals surface area contributed by atoms with E-state index in [9.17, 15) is 4.79 Å². The van der Waals surface area contributed by atoms with Crippen molar-refractivity contribution in [2.45, 2.75) is 13.0 Å². The van der Waals surface area contributed by atoms with E-state index in [4.69, 9.17) is 0 Å². The summed E-state index contributed by atoms with van der Waals surface area (Å²) in [5.74, 6) is 0.772. The minimum atomic E-state index is -0.201. The zero-order valence-corrected chi connectivity index (χ0v) is 15.3. The van der Waals surface area contributed by atoms with Crippen molar-refractivity contribution in [2.75, 3.05) is 24.3 Å². The lowest BCUT2D eigenvalue weighted by molar-refractivity contribution is -0.553. The molecule has 0 spiro atoms. The first-order chi connectivity index (χ1) is 12.5. The van der Waals surface area contributed by atoms with Crippen LogP contribution in [0.4, 0.5) is 11.5 Å². The third kappa shape index (κ3) is 4.06. The molecule has 1 unspecified atom stereocenters. The van der Waals surface area contributed by atoms with Gasteiger partial charge >= 0.3 is 11.7 Å². The Morgan fingerprint density at radius 2 is 1.77 bits per heavy atom. The quantitative estimate of drug-likeness (QED) is 0.667. The second-order valence-corrected chi connectivity index (χ2v) is 6.36. The van der Waals surface area contributed by atoms with E-state index in [-0.39, 0.29) is 11.9 Å². The molecule has 2 heterocycles. The highest BCUT2D eigenvalue weighted by Crippen LogP contribution is 2.13. The maximum atomic E-state index is 12.0. The molecule has 1 aliphatic rings. The minimum Gasteiger partial charge on any atom is -0.378 e. The van der Waals surface area contributed by atoms with Crippen molar-refractivity contribution in [3.05, 3.63) is 72.2 Å². The highest BCUT2D eigenvalue weighted by Gasteiger charge is 2.34. The van der Waals surface area contributed by atoms with Gasteiger partial charge in [0.25, 0.3) is 0 Å². The van der Waals surface area contributed by atoms with Gasteiger partial charge in [0.05, 0.1) is 0 Å². The van der Waals surface area contributed by atoms with Crippen molar-refractivity contribution in [2.24, 2.45) is 0 Å². The van der Waals surface area contributed by atoms with Gasteiger partial charge < -0.3 is 4.90 Å². The molecule has 1 atom stereocenters. The summed E-state index contributed by atoms with van der Waals surface area (Å²) in [6.45, 7) is 1.84. The normalized spacial score (nSPS) is 16.6. The highest BCUT2D eigenvalue weighted by atomic mass is 16.2. The molecule has 0 amide bonds. The molecule has 0 bridgehead atoms. The predicted octanol–water partition coefficient (Wildman–Crippen LogP) is 3.17. The Balaban J connectivity index is 1.58. The van der Waals surface area contributed by atoms with E-state index in [2.05, 4.69) is 45.5 Å². The number of carbonyl (C=O) groups excluding carboxylic acids is 1. The number of aromatic nitrogens is 2. The molecule has 0 saturated heterocycles. The number of hydrogen-bond donors (Lipinski definition) is 1. The molecule has 1 aromatic heterocycles. The van der Waals surface area contributed by atoms with Crippen molar-refractivity contribution < 1.29 is 9.36 Å². The van der Waals surface area contributed by atoms with Crippen molar-refractivity contribution >= 4 is 29.6 Å². The SMILES string of the molecule is CC1Nc2cnc(/C=C/C=C/C=C/c3ccc(N(C)C)cc3)c[n+]2C1=O. The van der Waals surface area contributed by atoms with E-state index in [1.54, 1.807) is 17.0 Å². The molecule has 5 nitrogen and oxygen atoms in total. The van der Waals surface area contributed by atoms with Gasteiger partial charge in [0.1, 0.15) is 18.1 Å². The maximum Gasteiger partial charge on any atom is 0.358 e. The zero-order valence-electron chi connectivity index (χ0n) is 15.3. The first-order valence-corrected chi connectivity index (χ1v) is 8.56. The van der Waals surface area contributed by atoms with E-state index in [0.29, 0.717) is 0 Å². The summed E-state index contributed by atoms with van der Waals surface area (Å²) in [5.41, 5.74) is 3.08. The lowest BCUT2D eigenvalue weighted by atomic mass is 10.2. The van der Waals surface area contributed by atoms with Crippen molar-refractivity contribution in [1.82, 2.24) is 4.98 Å². The molecule has 26 heavy (non-hydrogen) atoms. The summed E-state index contributed by atoms with van der Waals surface area (Å²) >= 11 is 0. The standard InChI is InChI=1S/C21H22N4O/c1-16-21(26)25-15-18(22-14-20(25)23-16)9-7-5-4-6-8-17-10-12-19(13-11-17)24(2)3/h4-16H,1-3H3/p+1/b5-4+,8-6+,9-7+. The van der Waals surface area contributed by atoms with Gasteiger partial charge in [0, 0.05) is 19.8 Å². The van der Waals surface area contributed by atoms with Gasteiger partial charge in [0.2, 0.25) is 0 Å². The monoisotopic (exact) mass is 347 g/mol. The van der Waals surface area contributed by atoms with Gasteiger partial charge in [0.15, 0.2) is 6.04 Å². The molecule has 1 aromatic carbocycles. The molecule has 2 aromatic rings. The van der Waals surface area contributed by atoms with Crippen LogP contribution in [-0.2, 0) is 0 Å². The summed E-state index contributed by atoms with van der Waals surface area (Å²) in [6.07, 6.45) is 15.2. The number of nitrogens with one attached hydrogen (secondary N) is 1. The fourth-order valence-electron chi connectivity index (χ4n) is 2.63. The molecule has 0 fully saturated rings. The van der Waals surface area contributed by atoms with Gasteiger partial charge in [-0.15, -0.1) is 0 Å². The van der Waals surface area contributed by atoms with Crippen LogP contribution in [-0.4, -0.2) is 31.0 Å². The van der Waals surface area contributed by atoms with E-state index < -0.39 is 0 Å². The van der Waals surface area contributed by atoms with Crippen molar-refractivity contribution in [1.29, 1.82) is 0 Å². The van der Waals surface area contributed by atoms with E-state index in [1.807, 2.05) is 51.4 Å². The topological polar surface area (TPSA) is 49.1 Å². The van der Waals surface area contributed by atoms with Gasteiger partial charge in [-0.2, -0.15) is 4.57 Å². The molecular formula is C21H23N4O+. The number of anilines is 2. The lowest BCUT2D eigenvalue weighted by Crippen LogP contribution is -2.42. The van der Waals surface area contributed by atoms with Crippen LogP contribution in [0.15, 0.2) is 61.0 Å². The summed E-state index contributed by atoms with van der Waals surface area (Å²) in [5, 5.41) is 3.08. The Morgan fingerprint density at radius 1 is 1.08 bits per heavy atom. The molecule has 0 saturated carbocycles. The van der Waals surface area contributed by atoms with E-state index >= 15 is 0 Å². The summed E-state index contributed by atoms with van der Waals surface area (Å²) in [4.78, 5) is 18.4. The van der Waals surface area contributed by atoms with Gasteiger partial charge in [-0.3, -0.25) is 5.32 Å². The number of benzene rings is 1. The largest absolute Gasteiger partial charge is 0.378 e. The molecule has 3 rings (SSSR count). The van der Waals surface area contributed by atoms with Crippen molar-refractivity contribution in [3.63, 3.8) is 0 Å². The summed E-state index contributed by atoms with van der Waals surface area (Å²) < 4.78 is 1.61. The second-order valence-electron chi connectivity index (χ2n) is 6.36. The Hall–Kier alpha value is -3.21. The lowest BCUT2D eigenvalue weighted by Gasteiger charge is -2.11. The fraction of sp³-hybridized carbons (Fsp3) is 0.190. The summed E-state index contributed by atoms with van der Waals surface area (Å²) in [7, 11) is 4.06. The Labute approximate surface area is 154 Å². The van der Waals surface area contributed by atoms with Crippen LogP contribution in [0.5, 0.6) is 0 Å². The third-order valence-electron chi connectivity index (χ3n) is 4.13. The highest BCUT2D eigenvalue weighted by molar-refractivity contribution is 5.80. The molecule has 0 radical (unpaired) electrons. The number of hydrogen-bond acceptors (Lipinski definition) is 4. The third-order valence-corrected chi connectivity index (χ3v) is 4.13. The predicted molar refractivity (Wildman–Crippen MR) is 106 cm³/mol. The van der Waals surface area contributed by atoms with E-state index in [1.165, 1.54) is 5.69 Å². The molecule has 1 aliphatic heterocycles. The van der Waals surface area contributed by atoms with Crippen LogP contribution in [0.25, 0.3) is 12.2 Å². The van der Waals surface area contributed by atoms with Gasteiger partial charge in [-0.1, -0.05) is 42.5 Å². The van der Waals surface area contributed by atoms with Crippen LogP contribution in [0.3, 0.4) is 0 Å².